The van der Waals surface area contributed by atoms with E-state index in [1.54, 1.807) is 0 Å². The van der Waals surface area contributed by atoms with Gasteiger partial charge < -0.3 is 5.73 Å². The molecule has 3 rings (SSSR count). The van der Waals surface area contributed by atoms with Crippen LogP contribution in [-0.4, -0.2) is 23.5 Å². The summed E-state index contributed by atoms with van der Waals surface area (Å²) in [5.74, 6) is 0. The topological polar surface area (TPSA) is 29.3 Å². The second-order valence-corrected chi connectivity index (χ2v) is 6.48. The van der Waals surface area contributed by atoms with Gasteiger partial charge in [-0.3, -0.25) is 4.90 Å². The Morgan fingerprint density at radius 2 is 1.38 bits per heavy atom. The summed E-state index contributed by atoms with van der Waals surface area (Å²) in [5.41, 5.74) is 8.52. The smallest absolute Gasteiger partial charge is 0.0605 e. The van der Waals surface area contributed by atoms with Crippen LogP contribution in [0.3, 0.4) is 0 Å². The van der Waals surface area contributed by atoms with E-state index in [0.29, 0.717) is 6.04 Å². The molecule has 0 bridgehead atoms. The van der Waals surface area contributed by atoms with Crippen molar-refractivity contribution in [1.82, 2.24) is 4.90 Å². The maximum Gasteiger partial charge on any atom is 0.0605 e. The van der Waals surface area contributed by atoms with E-state index in [1.165, 1.54) is 11.1 Å². The molecule has 0 spiro atoms. The van der Waals surface area contributed by atoms with E-state index in [9.17, 15) is 0 Å². The third-order valence-corrected chi connectivity index (χ3v) is 4.77. The number of nitrogens with zero attached hydrogens (tertiary/aromatic N) is 1. The number of hydrogen-bond acceptors (Lipinski definition) is 2. The standard InChI is InChI=1S/C17H18Cl2N2/c1-11-16(20)10-21(11)17(12-2-6-14(18)7-3-12)13-4-8-15(19)9-5-13/h2-9,11,16-17H,10,20H2,1H3/t11-,16+/m0/s1. The Balaban J connectivity index is 1.98. The molecule has 1 fully saturated rings. The maximum absolute atomic E-state index is 6.07. The van der Waals surface area contributed by atoms with Crippen LogP contribution < -0.4 is 5.73 Å². The first-order chi connectivity index (χ1) is 10.1. The molecule has 0 unspecified atom stereocenters. The van der Waals surface area contributed by atoms with Crippen LogP contribution in [0, 0.1) is 0 Å². The normalized spacial score (nSPS) is 22.3. The van der Waals surface area contributed by atoms with Crippen LogP contribution >= 0.6 is 23.2 Å². The summed E-state index contributed by atoms with van der Waals surface area (Å²) in [7, 11) is 0. The average molecular weight is 321 g/mol. The van der Waals surface area contributed by atoms with E-state index in [-0.39, 0.29) is 12.1 Å². The fraction of sp³-hybridized carbons (Fsp3) is 0.294. The number of nitrogens with two attached hydrogens (primary N) is 1. The molecule has 1 aliphatic heterocycles. The Kier molecular flexibility index (Phi) is 4.23. The second-order valence-electron chi connectivity index (χ2n) is 5.61. The van der Waals surface area contributed by atoms with Gasteiger partial charge >= 0.3 is 0 Å². The first-order valence-corrected chi connectivity index (χ1v) is 7.84. The molecule has 0 amide bonds. The summed E-state index contributed by atoms with van der Waals surface area (Å²) in [6.07, 6.45) is 0. The van der Waals surface area contributed by atoms with Gasteiger partial charge in [0.05, 0.1) is 6.04 Å². The van der Waals surface area contributed by atoms with Crippen LogP contribution in [-0.2, 0) is 0 Å². The molecule has 110 valence electrons. The maximum atomic E-state index is 6.07. The molecule has 0 aliphatic carbocycles. The van der Waals surface area contributed by atoms with E-state index in [4.69, 9.17) is 28.9 Å². The van der Waals surface area contributed by atoms with Crippen LogP contribution in [0.2, 0.25) is 10.0 Å². The highest BCUT2D eigenvalue weighted by atomic mass is 35.5. The zero-order valence-corrected chi connectivity index (χ0v) is 13.4. The molecule has 1 saturated heterocycles. The van der Waals surface area contributed by atoms with Crippen molar-refractivity contribution in [2.45, 2.75) is 25.0 Å². The molecule has 2 aromatic carbocycles. The van der Waals surface area contributed by atoms with Gasteiger partial charge in [0.15, 0.2) is 0 Å². The van der Waals surface area contributed by atoms with Gasteiger partial charge in [0.25, 0.3) is 0 Å². The highest BCUT2D eigenvalue weighted by Gasteiger charge is 2.38. The average Bonchev–Trinajstić information content (AvgIpc) is 2.50. The van der Waals surface area contributed by atoms with E-state index in [2.05, 4.69) is 36.1 Å². The van der Waals surface area contributed by atoms with Crippen molar-refractivity contribution in [3.63, 3.8) is 0 Å². The number of hydrogen-bond donors (Lipinski definition) is 1. The summed E-state index contributed by atoms with van der Waals surface area (Å²) in [6.45, 7) is 3.07. The van der Waals surface area contributed by atoms with Gasteiger partial charge in [0, 0.05) is 28.7 Å². The minimum Gasteiger partial charge on any atom is -0.325 e. The molecule has 2 aromatic rings. The molecule has 1 aliphatic rings. The highest BCUT2D eigenvalue weighted by molar-refractivity contribution is 6.30. The fourth-order valence-electron chi connectivity index (χ4n) is 2.88. The third-order valence-electron chi connectivity index (χ3n) is 4.27. The monoisotopic (exact) mass is 320 g/mol. The lowest BCUT2D eigenvalue weighted by molar-refractivity contribution is 0.0447. The van der Waals surface area contributed by atoms with Crippen molar-refractivity contribution in [3.8, 4) is 0 Å². The molecule has 21 heavy (non-hydrogen) atoms. The fourth-order valence-corrected chi connectivity index (χ4v) is 3.13. The van der Waals surface area contributed by atoms with E-state index in [1.807, 2.05) is 24.3 Å². The minimum atomic E-state index is 0.189. The number of benzene rings is 2. The highest BCUT2D eigenvalue weighted by Crippen LogP contribution is 2.36. The zero-order chi connectivity index (χ0) is 15.0. The van der Waals surface area contributed by atoms with Crippen LogP contribution in [0.5, 0.6) is 0 Å². The lowest BCUT2D eigenvalue weighted by Gasteiger charge is -2.49. The van der Waals surface area contributed by atoms with Gasteiger partial charge in [-0.2, -0.15) is 0 Å². The summed E-state index contributed by atoms with van der Waals surface area (Å²) >= 11 is 12.0. The van der Waals surface area contributed by atoms with Crippen molar-refractivity contribution in [2.24, 2.45) is 5.73 Å². The molecule has 1 heterocycles. The Morgan fingerprint density at radius 1 is 0.952 bits per heavy atom. The van der Waals surface area contributed by atoms with Gasteiger partial charge in [-0.15, -0.1) is 0 Å². The predicted molar refractivity (Wildman–Crippen MR) is 88.9 cm³/mol. The van der Waals surface area contributed by atoms with Crippen LogP contribution in [0.15, 0.2) is 48.5 Å². The van der Waals surface area contributed by atoms with Crippen LogP contribution in [0.1, 0.15) is 24.1 Å². The quantitative estimate of drug-likeness (QED) is 0.922. The number of halogens is 2. The van der Waals surface area contributed by atoms with Gasteiger partial charge in [-0.25, -0.2) is 0 Å². The second kappa shape index (κ2) is 5.98. The van der Waals surface area contributed by atoms with Gasteiger partial charge in [-0.1, -0.05) is 47.5 Å². The van der Waals surface area contributed by atoms with Crippen LogP contribution in [0.4, 0.5) is 0 Å². The van der Waals surface area contributed by atoms with Crippen molar-refractivity contribution in [3.05, 3.63) is 69.7 Å². The van der Waals surface area contributed by atoms with E-state index in [0.717, 1.165) is 16.6 Å². The van der Waals surface area contributed by atoms with Gasteiger partial charge in [0.2, 0.25) is 0 Å². The Hall–Kier alpha value is -1.06. The van der Waals surface area contributed by atoms with Gasteiger partial charge in [-0.05, 0) is 42.3 Å². The zero-order valence-electron chi connectivity index (χ0n) is 11.8. The van der Waals surface area contributed by atoms with Crippen molar-refractivity contribution < 1.29 is 0 Å². The molecule has 0 radical (unpaired) electrons. The minimum absolute atomic E-state index is 0.189. The van der Waals surface area contributed by atoms with Crippen molar-refractivity contribution >= 4 is 23.2 Å². The van der Waals surface area contributed by atoms with Crippen molar-refractivity contribution in [2.75, 3.05) is 6.54 Å². The molecule has 4 heteroatoms. The lowest BCUT2D eigenvalue weighted by Crippen LogP contribution is -2.63. The summed E-state index contributed by atoms with van der Waals surface area (Å²) in [6, 6.07) is 16.9. The molecule has 0 aromatic heterocycles. The molecule has 2 nitrogen and oxygen atoms in total. The van der Waals surface area contributed by atoms with Gasteiger partial charge in [0.1, 0.15) is 0 Å². The predicted octanol–water partition coefficient (Wildman–Crippen LogP) is 4.11. The summed E-state index contributed by atoms with van der Waals surface area (Å²) in [4.78, 5) is 2.41. The Labute approximate surface area is 135 Å². The first-order valence-electron chi connectivity index (χ1n) is 7.08. The SMILES string of the molecule is C[C@H]1[C@H](N)CN1C(c1ccc(Cl)cc1)c1ccc(Cl)cc1. The summed E-state index contributed by atoms with van der Waals surface area (Å²) < 4.78 is 0. The van der Waals surface area contributed by atoms with E-state index < -0.39 is 0 Å². The molecule has 2 N–H and O–H groups in total. The third kappa shape index (κ3) is 2.95. The molecular formula is C17H18Cl2N2. The van der Waals surface area contributed by atoms with E-state index >= 15 is 0 Å². The molecule has 0 saturated carbocycles. The Bertz CT molecular complexity index is 564. The number of rotatable bonds is 3. The van der Waals surface area contributed by atoms with Crippen molar-refractivity contribution in [1.29, 1.82) is 0 Å². The molecule has 2 atom stereocenters. The lowest BCUT2D eigenvalue weighted by atomic mass is 9.89. The molecular weight excluding hydrogens is 303 g/mol. The first kappa shape index (κ1) is 14.9. The largest absolute Gasteiger partial charge is 0.325 e. The summed E-state index contributed by atoms with van der Waals surface area (Å²) in [5, 5.41) is 1.50. The Morgan fingerprint density at radius 3 is 1.71 bits per heavy atom. The number of likely N-dealkylation sites (tertiary alicyclic amines) is 1. The van der Waals surface area contributed by atoms with Crippen LogP contribution in [0.25, 0.3) is 0 Å².